The van der Waals surface area contributed by atoms with Gasteiger partial charge in [-0.3, -0.25) is 4.79 Å². The molecular formula is C22H16O3S. The van der Waals surface area contributed by atoms with Crippen LogP contribution in [0.4, 0.5) is 0 Å². The number of Topliss-reactive ketones (excluding diaryl/α,β-unsaturated/α-hetero) is 1. The van der Waals surface area contributed by atoms with E-state index in [1.54, 1.807) is 24.3 Å². The zero-order chi connectivity index (χ0) is 18.3. The standard InChI is InChI=1S/C22H16O3S/c1-26(24,25)17-13-11-16(12-14-17)20-18-9-5-6-10-19(18)22(23)21(20)15-7-3-2-4-8-15/h2-14H,1H3. The fourth-order valence-corrected chi connectivity index (χ4v) is 3.96. The molecular weight excluding hydrogens is 344 g/mol. The Labute approximate surface area is 152 Å². The Morgan fingerprint density at radius 1 is 0.615 bits per heavy atom. The minimum absolute atomic E-state index is 0.00557. The van der Waals surface area contributed by atoms with E-state index in [4.69, 9.17) is 0 Å². The molecule has 0 saturated carbocycles. The van der Waals surface area contributed by atoms with E-state index in [9.17, 15) is 13.2 Å². The van der Waals surface area contributed by atoms with E-state index in [0.717, 1.165) is 22.3 Å². The molecule has 128 valence electrons. The second-order valence-corrected chi connectivity index (χ2v) is 8.30. The second-order valence-electron chi connectivity index (χ2n) is 6.29. The van der Waals surface area contributed by atoms with Gasteiger partial charge in [0.05, 0.1) is 4.90 Å². The first-order chi connectivity index (χ1) is 12.5. The molecule has 0 amide bonds. The van der Waals surface area contributed by atoms with Gasteiger partial charge >= 0.3 is 0 Å². The fourth-order valence-electron chi connectivity index (χ4n) is 3.33. The second kappa shape index (κ2) is 6.07. The van der Waals surface area contributed by atoms with Crippen molar-refractivity contribution in [3.8, 4) is 0 Å². The van der Waals surface area contributed by atoms with E-state index in [1.807, 2.05) is 54.6 Å². The Morgan fingerprint density at radius 2 is 1.15 bits per heavy atom. The number of carbonyl (C=O) groups excluding carboxylic acids is 1. The number of allylic oxidation sites excluding steroid dienone is 1. The Kier molecular flexibility index (Phi) is 3.85. The minimum atomic E-state index is -3.26. The number of hydrogen-bond donors (Lipinski definition) is 0. The molecule has 0 atom stereocenters. The molecule has 0 aromatic heterocycles. The highest BCUT2D eigenvalue weighted by atomic mass is 32.2. The highest BCUT2D eigenvalue weighted by Crippen LogP contribution is 2.42. The summed E-state index contributed by atoms with van der Waals surface area (Å²) >= 11 is 0. The Balaban J connectivity index is 1.97. The van der Waals surface area contributed by atoms with Gasteiger partial charge in [-0.2, -0.15) is 0 Å². The number of benzene rings is 3. The summed E-state index contributed by atoms with van der Waals surface area (Å²) in [6.07, 6.45) is 1.19. The number of ketones is 1. The quantitative estimate of drug-likeness (QED) is 0.702. The van der Waals surface area contributed by atoms with Crippen LogP contribution in [0.3, 0.4) is 0 Å². The molecule has 0 saturated heterocycles. The molecule has 0 unspecified atom stereocenters. The largest absolute Gasteiger partial charge is 0.289 e. The highest BCUT2D eigenvalue weighted by molar-refractivity contribution is 7.90. The number of hydrogen-bond acceptors (Lipinski definition) is 3. The third-order valence-corrected chi connectivity index (χ3v) is 5.68. The van der Waals surface area contributed by atoms with Crippen LogP contribution in [0.5, 0.6) is 0 Å². The first-order valence-corrected chi connectivity index (χ1v) is 10.1. The van der Waals surface area contributed by atoms with Crippen LogP contribution in [0, 0.1) is 0 Å². The molecule has 3 nitrogen and oxygen atoms in total. The summed E-state index contributed by atoms with van der Waals surface area (Å²) in [7, 11) is -3.26. The van der Waals surface area contributed by atoms with Crippen LogP contribution in [0.1, 0.15) is 27.0 Å². The van der Waals surface area contributed by atoms with Crippen molar-refractivity contribution in [2.75, 3.05) is 6.26 Å². The van der Waals surface area contributed by atoms with Crippen molar-refractivity contribution in [1.82, 2.24) is 0 Å². The lowest BCUT2D eigenvalue weighted by molar-refractivity contribution is 0.105. The number of rotatable bonds is 3. The van der Waals surface area contributed by atoms with E-state index < -0.39 is 9.84 Å². The summed E-state index contributed by atoms with van der Waals surface area (Å²) in [6, 6.07) is 23.8. The van der Waals surface area contributed by atoms with Gasteiger partial charge in [-0.15, -0.1) is 0 Å². The van der Waals surface area contributed by atoms with E-state index in [1.165, 1.54) is 6.26 Å². The van der Waals surface area contributed by atoms with Gasteiger partial charge in [0.2, 0.25) is 0 Å². The lowest BCUT2D eigenvalue weighted by atomic mass is 9.94. The van der Waals surface area contributed by atoms with Crippen molar-refractivity contribution >= 4 is 26.8 Å². The molecule has 0 N–H and O–H groups in total. The van der Waals surface area contributed by atoms with E-state index >= 15 is 0 Å². The molecule has 0 spiro atoms. The maximum absolute atomic E-state index is 13.1. The zero-order valence-corrected chi connectivity index (χ0v) is 15.0. The molecule has 0 fully saturated rings. The predicted octanol–water partition coefficient (Wildman–Crippen LogP) is 4.25. The molecule has 0 radical (unpaired) electrons. The normalized spacial score (nSPS) is 13.8. The summed E-state index contributed by atoms with van der Waals surface area (Å²) in [5, 5.41) is 0. The minimum Gasteiger partial charge on any atom is -0.289 e. The van der Waals surface area contributed by atoms with Gasteiger partial charge in [-0.25, -0.2) is 8.42 Å². The first kappa shape index (κ1) is 16.5. The highest BCUT2D eigenvalue weighted by Gasteiger charge is 2.30. The lowest BCUT2D eigenvalue weighted by Gasteiger charge is -2.09. The van der Waals surface area contributed by atoms with Gasteiger partial charge in [0.15, 0.2) is 15.6 Å². The third-order valence-electron chi connectivity index (χ3n) is 4.55. The van der Waals surface area contributed by atoms with Crippen molar-refractivity contribution in [3.05, 3.63) is 101 Å². The maximum Gasteiger partial charge on any atom is 0.194 e. The monoisotopic (exact) mass is 360 g/mol. The number of sulfone groups is 1. The summed E-state index contributed by atoms with van der Waals surface area (Å²) in [5.74, 6) is -0.00557. The average Bonchev–Trinajstić information content (AvgIpc) is 2.95. The molecule has 3 aromatic rings. The summed E-state index contributed by atoms with van der Waals surface area (Å²) in [5.41, 5.74) is 4.73. The fraction of sp³-hybridized carbons (Fsp3) is 0.0455. The Bertz CT molecular complexity index is 1140. The molecule has 1 aliphatic carbocycles. The van der Waals surface area contributed by atoms with Gasteiger partial charge in [-0.05, 0) is 28.8 Å². The molecule has 26 heavy (non-hydrogen) atoms. The molecule has 4 rings (SSSR count). The molecule has 0 heterocycles. The summed E-state index contributed by atoms with van der Waals surface area (Å²) in [6.45, 7) is 0. The lowest BCUT2D eigenvalue weighted by Crippen LogP contribution is -1.98. The average molecular weight is 360 g/mol. The first-order valence-electron chi connectivity index (χ1n) is 8.21. The molecule has 0 bridgehead atoms. The van der Waals surface area contributed by atoms with Crippen LogP contribution in [-0.4, -0.2) is 20.5 Å². The van der Waals surface area contributed by atoms with E-state index in [-0.39, 0.29) is 10.7 Å². The number of carbonyl (C=O) groups is 1. The predicted molar refractivity (Wildman–Crippen MR) is 103 cm³/mol. The Hall–Kier alpha value is -2.98. The van der Waals surface area contributed by atoms with Gasteiger partial charge in [-0.1, -0.05) is 66.7 Å². The van der Waals surface area contributed by atoms with E-state index in [2.05, 4.69) is 0 Å². The van der Waals surface area contributed by atoms with Crippen LogP contribution in [-0.2, 0) is 9.84 Å². The maximum atomic E-state index is 13.1. The van der Waals surface area contributed by atoms with Gasteiger partial charge in [0, 0.05) is 23.0 Å². The van der Waals surface area contributed by atoms with Crippen molar-refractivity contribution in [2.45, 2.75) is 4.90 Å². The van der Waals surface area contributed by atoms with Crippen LogP contribution in [0.15, 0.2) is 83.8 Å². The summed E-state index contributed by atoms with van der Waals surface area (Å²) in [4.78, 5) is 13.3. The zero-order valence-electron chi connectivity index (χ0n) is 14.1. The van der Waals surface area contributed by atoms with Crippen molar-refractivity contribution in [2.24, 2.45) is 0 Å². The van der Waals surface area contributed by atoms with Crippen molar-refractivity contribution in [1.29, 1.82) is 0 Å². The molecule has 4 heteroatoms. The molecule has 1 aliphatic rings. The van der Waals surface area contributed by atoms with Crippen LogP contribution >= 0.6 is 0 Å². The molecule has 3 aromatic carbocycles. The topological polar surface area (TPSA) is 51.2 Å². The van der Waals surface area contributed by atoms with Gasteiger partial charge in [0.1, 0.15) is 0 Å². The van der Waals surface area contributed by atoms with Gasteiger partial charge in [0.25, 0.3) is 0 Å². The van der Waals surface area contributed by atoms with Crippen LogP contribution in [0.25, 0.3) is 11.1 Å². The van der Waals surface area contributed by atoms with Gasteiger partial charge < -0.3 is 0 Å². The Morgan fingerprint density at radius 3 is 1.77 bits per heavy atom. The van der Waals surface area contributed by atoms with Crippen LogP contribution < -0.4 is 0 Å². The van der Waals surface area contributed by atoms with Crippen LogP contribution in [0.2, 0.25) is 0 Å². The third kappa shape index (κ3) is 2.68. The number of fused-ring (bicyclic) bond motifs is 1. The smallest absolute Gasteiger partial charge is 0.194 e. The SMILES string of the molecule is CS(=O)(=O)c1ccc(C2=C(c3ccccc3)C(=O)c3ccccc32)cc1. The van der Waals surface area contributed by atoms with Crippen molar-refractivity contribution in [3.63, 3.8) is 0 Å². The van der Waals surface area contributed by atoms with E-state index in [0.29, 0.717) is 11.1 Å². The molecule has 0 aliphatic heterocycles. The van der Waals surface area contributed by atoms with Crippen molar-refractivity contribution < 1.29 is 13.2 Å². The summed E-state index contributed by atoms with van der Waals surface area (Å²) < 4.78 is 23.5.